The van der Waals surface area contributed by atoms with Crippen LogP contribution in [-0.2, 0) is 9.84 Å². The molecular formula is C12H22N4O3S. The van der Waals surface area contributed by atoms with Gasteiger partial charge in [-0.3, -0.25) is 0 Å². The van der Waals surface area contributed by atoms with Crippen molar-refractivity contribution in [1.29, 1.82) is 0 Å². The van der Waals surface area contributed by atoms with Crippen molar-refractivity contribution in [3.63, 3.8) is 0 Å². The second kappa shape index (κ2) is 6.53. The Balaban J connectivity index is 1.81. The fourth-order valence-corrected chi connectivity index (χ4v) is 4.06. The number of sulfone groups is 1. The first kappa shape index (κ1) is 15.2. The van der Waals surface area contributed by atoms with E-state index in [0.29, 0.717) is 24.9 Å². The first-order valence-electron chi connectivity index (χ1n) is 7.01. The Bertz CT molecular complexity index is 529. The summed E-state index contributed by atoms with van der Waals surface area (Å²) in [5.74, 6) is 1.20. The lowest BCUT2D eigenvalue weighted by Crippen LogP contribution is -2.19. The molecule has 2 heterocycles. The van der Waals surface area contributed by atoms with Crippen molar-refractivity contribution >= 4 is 15.9 Å². The van der Waals surface area contributed by atoms with Crippen molar-refractivity contribution in [3.8, 4) is 0 Å². The second-order valence-corrected chi connectivity index (χ2v) is 7.50. The maximum atomic E-state index is 11.4. The van der Waals surface area contributed by atoms with Gasteiger partial charge in [-0.05, 0) is 32.2 Å². The minimum Gasteiger partial charge on any atom is -0.406 e. The van der Waals surface area contributed by atoms with Crippen molar-refractivity contribution < 1.29 is 12.8 Å². The van der Waals surface area contributed by atoms with Gasteiger partial charge in [0.2, 0.25) is 5.89 Å². The van der Waals surface area contributed by atoms with Crippen LogP contribution < -0.4 is 10.6 Å². The average molecular weight is 302 g/mol. The fourth-order valence-electron chi connectivity index (χ4n) is 2.19. The molecule has 0 bridgehead atoms. The lowest BCUT2D eigenvalue weighted by atomic mass is 10.1. The molecule has 114 valence electrons. The highest BCUT2D eigenvalue weighted by Gasteiger charge is 2.27. The third-order valence-corrected chi connectivity index (χ3v) is 5.22. The predicted octanol–water partition coefficient (Wildman–Crippen LogP) is 0.977. The Labute approximate surface area is 119 Å². The van der Waals surface area contributed by atoms with E-state index in [9.17, 15) is 8.42 Å². The minimum atomic E-state index is -2.84. The van der Waals surface area contributed by atoms with Crippen LogP contribution in [0.2, 0.25) is 0 Å². The van der Waals surface area contributed by atoms with Crippen LogP contribution in [0.25, 0.3) is 0 Å². The molecule has 1 aromatic heterocycles. The van der Waals surface area contributed by atoms with Crippen LogP contribution in [0.3, 0.4) is 0 Å². The zero-order valence-corrected chi connectivity index (χ0v) is 12.7. The van der Waals surface area contributed by atoms with E-state index in [1.54, 1.807) is 0 Å². The van der Waals surface area contributed by atoms with Crippen LogP contribution >= 0.6 is 0 Å². The molecule has 8 heteroatoms. The Morgan fingerprint density at radius 3 is 2.90 bits per heavy atom. The molecule has 1 aromatic rings. The largest absolute Gasteiger partial charge is 0.406 e. The van der Waals surface area contributed by atoms with Crippen molar-refractivity contribution in [1.82, 2.24) is 15.5 Å². The van der Waals surface area contributed by atoms with Crippen LogP contribution in [0.4, 0.5) is 6.01 Å². The number of nitrogens with one attached hydrogen (secondary N) is 2. The number of hydrogen-bond acceptors (Lipinski definition) is 7. The lowest BCUT2D eigenvalue weighted by molar-refractivity contribution is 0.421. The summed E-state index contributed by atoms with van der Waals surface area (Å²) < 4.78 is 28.2. The topological polar surface area (TPSA) is 97.1 Å². The van der Waals surface area contributed by atoms with Crippen molar-refractivity contribution in [2.45, 2.75) is 32.7 Å². The van der Waals surface area contributed by atoms with Gasteiger partial charge in [-0.1, -0.05) is 12.0 Å². The normalized spacial score (nSPS) is 22.8. The number of hydrogen-bond donors (Lipinski definition) is 2. The van der Waals surface area contributed by atoms with E-state index < -0.39 is 9.84 Å². The van der Waals surface area contributed by atoms with E-state index >= 15 is 0 Å². The number of aromatic nitrogens is 2. The minimum absolute atomic E-state index is 0.0184. The molecule has 0 saturated carbocycles. The molecular weight excluding hydrogens is 280 g/mol. The number of rotatable bonds is 7. The molecule has 1 fully saturated rings. The molecule has 0 radical (unpaired) electrons. The van der Waals surface area contributed by atoms with Gasteiger partial charge >= 0.3 is 6.01 Å². The number of nitrogens with zero attached hydrogens (tertiary/aromatic N) is 2. The zero-order chi connectivity index (χ0) is 14.6. The van der Waals surface area contributed by atoms with Gasteiger partial charge in [0, 0.05) is 6.54 Å². The second-order valence-electron chi connectivity index (χ2n) is 5.27. The summed E-state index contributed by atoms with van der Waals surface area (Å²) in [7, 11) is -2.84. The maximum absolute atomic E-state index is 11.4. The van der Waals surface area contributed by atoms with E-state index in [1.165, 1.54) is 0 Å². The molecule has 2 atom stereocenters. The molecule has 2 rings (SSSR count). The van der Waals surface area contributed by atoms with Crippen LogP contribution in [0.5, 0.6) is 0 Å². The zero-order valence-electron chi connectivity index (χ0n) is 11.9. The molecule has 0 amide bonds. The molecule has 0 spiro atoms. The molecule has 0 aromatic carbocycles. The molecule has 1 aliphatic rings. The Hall–Kier alpha value is -1.15. The van der Waals surface area contributed by atoms with Crippen molar-refractivity contribution in [2.24, 2.45) is 5.92 Å². The van der Waals surface area contributed by atoms with E-state index in [2.05, 4.69) is 27.8 Å². The van der Waals surface area contributed by atoms with Gasteiger partial charge in [0.05, 0.1) is 17.5 Å². The third-order valence-electron chi connectivity index (χ3n) is 3.38. The van der Waals surface area contributed by atoms with Gasteiger partial charge in [-0.2, -0.15) is 0 Å². The smallest absolute Gasteiger partial charge is 0.315 e. The van der Waals surface area contributed by atoms with E-state index in [0.717, 1.165) is 13.0 Å². The summed E-state index contributed by atoms with van der Waals surface area (Å²) in [6.45, 7) is 5.51. The Morgan fingerprint density at radius 2 is 2.25 bits per heavy atom. The first-order valence-corrected chi connectivity index (χ1v) is 8.83. The molecule has 7 nitrogen and oxygen atoms in total. The van der Waals surface area contributed by atoms with Gasteiger partial charge in [-0.15, -0.1) is 5.10 Å². The SMILES string of the molecule is CCCNC(C)c1nnc(NCC2CCS(=O)(=O)C2)o1. The van der Waals surface area contributed by atoms with Crippen molar-refractivity contribution in [3.05, 3.63) is 5.89 Å². The molecule has 1 aliphatic heterocycles. The van der Waals surface area contributed by atoms with Gasteiger partial charge in [-0.25, -0.2) is 8.42 Å². The summed E-state index contributed by atoms with van der Waals surface area (Å²) in [6, 6.07) is 0.374. The molecule has 2 unspecified atom stereocenters. The van der Waals surface area contributed by atoms with E-state index in [-0.39, 0.29) is 23.5 Å². The Kier molecular flexibility index (Phi) is 4.98. The molecule has 0 aliphatic carbocycles. The summed E-state index contributed by atoms with van der Waals surface area (Å²) in [4.78, 5) is 0. The van der Waals surface area contributed by atoms with Crippen LogP contribution in [-0.4, -0.2) is 43.2 Å². The van der Waals surface area contributed by atoms with Gasteiger partial charge < -0.3 is 15.1 Å². The van der Waals surface area contributed by atoms with E-state index in [1.807, 2.05) is 6.92 Å². The summed E-state index contributed by atoms with van der Waals surface area (Å²) in [5, 5.41) is 14.2. The average Bonchev–Trinajstić information content (AvgIpc) is 3.00. The van der Waals surface area contributed by atoms with Gasteiger partial charge in [0.25, 0.3) is 0 Å². The predicted molar refractivity (Wildman–Crippen MR) is 76.3 cm³/mol. The number of anilines is 1. The van der Waals surface area contributed by atoms with E-state index in [4.69, 9.17) is 4.42 Å². The summed E-state index contributed by atoms with van der Waals surface area (Å²) in [6.07, 6.45) is 1.74. The third kappa shape index (κ3) is 4.17. The molecule has 20 heavy (non-hydrogen) atoms. The highest BCUT2D eigenvalue weighted by atomic mass is 32.2. The summed E-state index contributed by atoms with van der Waals surface area (Å²) >= 11 is 0. The maximum Gasteiger partial charge on any atom is 0.315 e. The van der Waals surface area contributed by atoms with Crippen LogP contribution in [0.1, 0.15) is 38.6 Å². The summed E-state index contributed by atoms with van der Waals surface area (Å²) in [5.41, 5.74) is 0. The van der Waals surface area contributed by atoms with Gasteiger partial charge in [0.15, 0.2) is 9.84 Å². The standard InChI is InChI=1S/C12H22N4O3S/c1-3-5-13-9(2)11-15-16-12(19-11)14-7-10-4-6-20(17,18)8-10/h9-10,13H,3-8H2,1-2H3,(H,14,16). The van der Waals surface area contributed by atoms with Crippen LogP contribution in [0, 0.1) is 5.92 Å². The Morgan fingerprint density at radius 1 is 1.45 bits per heavy atom. The van der Waals surface area contributed by atoms with Gasteiger partial charge in [0.1, 0.15) is 0 Å². The quantitative estimate of drug-likeness (QED) is 0.774. The highest BCUT2D eigenvalue weighted by Crippen LogP contribution is 2.19. The molecule has 2 N–H and O–H groups in total. The molecule has 1 saturated heterocycles. The fraction of sp³-hybridized carbons (Fsp3) is 0.833. The van der Waals surface area contributed by atoms with Crippen molar-refractivity contribution in [2.75, 3.05) is 29.9 Å². The lowest BCUT2D eigenvalue weighted by Gasteiger charge is -2.08. The monoisotopic (exact) mass is 302 g/mol. The van der Waals surface area contributed by atoms with Crippen LogP contribution in [0.15, 0.2) is 4.42 Å². The highest BCUT2D eigenvalue weighted by molar-refractivity contribution is 7.91. The first-order chi connectivity index (χ1) is 9.50.